The molecule has 0 fully saturated rings. The summed E-state index contributed by atoms with van der Waals surface area (Å²) in [5, 5.41) is 25.2. The van der Waals surface area contributed by atoms with Gasteiger partial charge in [0.15, 0.2) is 5.96 Å². The molecule has 63 heavy (non-hydrogen) atoms. The third kappa shape index (κ3) is 7.70. The number of aliphatic imine (C=N–C) groups is 1. The van der Waals surface area contributed by atoms with Crippen molar-refractivity contribution >= 4 is 106 Å². The zero-order chi connectivity index (χ0) is 43.8. The van der Waals surface area contributed by atoms with Crippen molar-refractivity contribution in [2.24, 2.45) is 16.5 Å². The van der Waals surface area contributed by atoms with Crippen molar-refractivity contribution in [3.8, 4) is 0 Å². The van der Waals surface area contributed by atoms with Gasteiger partial charge in [-0.05, 0) is 88.9 Å². The van der Waals surface area contributed by atoms with Crippen molar-refractivity contribution in [2.75, 3.05) is 26.2 Å². The molecule has 0 saturated carbocycles. The summed E-state index contributed by atoms with van der Waals surface area (Å²) in [6.07, 6.45) is 0. The van der Waals surface area contributed by atoms with Gasteiger partial charge in [0.25, 0.3) is 23.6 Å². The van der Waals surface area contributed by atoms with Crippen LogP contribution in [-0.2, 0) is 9.59 Å². The number of hydrogen-bond acceptors (Lipinski definition) is 6. The van der Waals surface area contributed by atoms with E-state index in [1.54, 1.807) is 12.1 Å². The quantitative estimate of drug-likeness (QED) is 0.0357. The topological polar surface area (TPSA) is 243 Å². The summed E-state index contributed by atoms with van der Waals surface area (Å²) >= 11 is 0. The van der Waals surface area contributed by atoms with Gasteiger partial charge in [-0.2, -0.15) is 4.99 Å². The van der Waals surface area contributed by atoms with Crippen LogP contribution < -0.4 is 38.1 Å². The van der Waals surface area contributed by atoms with E-state index in [9.17, 15) is 28.8 Å². The summed E-state index contributed by atoms with van der Waals surface area (Å²) in [5.41, 5.74) is 11.4. The van der Waals surface area contributed by atoms with Crippen LogP contribution in [0.5, 0.6) is 0 Å². The summed E-state index contributed by atoms with van der Waals surface area (Å²) in [6, 6.07) is 36.6. The Morgan fingerprint density at radius 2 is 0.984 bits per heavy atom. The van der Waals surface area contributed by atoms with Crippen LogP contribution in [0, 0.1) is 0 Å². The first kappa shape index (κ1) is 39.8. The smallest absolute Gasteiger partial charge is 0.296 e. The molecule has 0 saturated heterocycles. The second-order valence-corrected chi connectivity index (χ2v) is 15.1. The van der Waals surface area contributed by atoms with Gasteiger partial charge in [0.05, 0.1) is 6.54 Å². The molecule has 0 aliphatic carbocycles. The number of rotatable bonds is 13. The van der Waals surface area contributed by atoms with E-state index in [2.05, 4.69) is 42.6 Å². The Kier molecular flexibility index (Phi) is 10.4. The maximum absolute atomic E-state index is 13.6. The number of nitrogens with two attached hydrogens (primary N) is 2. The maximum Gasteiger partial charge on any atom is 0.296 e. The van der Waals surface area contributed by atoms with E-state index in [0.29, 0.717) is 11.1 Å². The van der Waals surface area contributed by atoms with Crippen LogP contribution in [0.25, 0.3) is 64.6 Å². The Labute approximate surface area is 357 Å². The van der Waals surface area contributed by atoms with Gasteiger partial charge >= 0.3 is 0 Å². The van der Waals surface area contributed by atoms with Gasteiger partial charge in [-0.25, -0.2) is 0 Å². The molecule has 15 nitrogen and oxygen atoms in total. The molecular formula is C48H39N9O6. The molecule has 312 valence electrons. The van der Waals surface area contributed by atoms with Crippen molar-refractivity contribution in [3.05, 3.63) is 144 Å². The first-order valence-electron chi connectivity index (χ1n) is 20.1. The normalized spacial score (nSPS) is 11.9. The second kappa shape index (κ2) is 16.5. The van der Waals surface area contributed by atoms with E-state index in [-0.39, 0.29) is 36.9 Å². The number of amides is 6. The molecule has 6 amide bonds. The number of carbonyl (C=O) groups is 6. The number of nitrogens with one attached hydrogen (secondary N) is 6. The summed E-state index contributed by atoms with van der Waals surface area (Å²) in [4.78, 5) is 85.5. The average molecular weight is 838 g/mol. The molecule has 0 aliphatic heterocycles. The molecule has 0 spiro atoms. The van der Waals surface area contributed by atoms with Crippen molar-refractivity contribution < 1.29 is 28.8 Å². The fourth-order valence-electron chi connectivity index (χ4n) is 8.28. The highest BCUT2D eigenvalue weighted by Crippen LogP contribution is 2.37. The molecular weight excluding hydrogens is 799 g/mol. The molecule has 0 unspecified atom stereocenters. The Morgan fingerprint density at radius 1 is 0.508 bits per heavy atom. The standard InChI is InChI=1S/C48H39N9O6/c49-48(50)57-47(63)36-20-19-35(55-36)45(61)53-23-37(56-38(58)24-54-44(60)34-18-14-30-10-8-26-4-2-6-28-12-16-32(34)42(30)40(26)28)46(62)52-22-21-51-43(59)33-17-13-29-9-7-25-3-1-5-27-11-15-31(33)41(29)39(25)27/h1-20,37,55H,21-24H2,(H,51,59)(H,52,62)(H,53,61)(H,54,60)(H,56,58)(H4,49,50,57,63)/t37-/m0/s1. The van der Waals surface area contributed by atoms with Gasteiger partial charge in [0.1, 0.15) is 17.4 Å². The van der Waals surface area contributed by atoms with Gasteiger partial charge in [-0.1, -0.05) is 97.1 Å². The molecule has 10 N–H and O–H groups in total. The second-order valence-electron chi connectivity index (χ2n) is 15.1. The minimum atomic E-state index is -1.32. The predicted molar refractivity (Wildman–Crippen MR) is 243 cm³/mol. The lowest BCUT2D eigenvalue weighted by molar-refractivity contribution is -0.128. The van der Waals surface area contributed by atoms with Crippen LogP contribution >= 0.6 is 0 Å². The molecule has 15 heteroatoms. The molecule has 0 bridgehead atoms. The van der Waals surface area contributed by atoms with Crippen molar-refractivity contribution in [3.63, 3.8) is 0 Å². The highest BCUT2D eigenvalue weighted by Gasteiger charge is 2.24. The zero-order valence-electron chi connectivity index (χ0n) is 33.5. The molecule has 9 rings (SSSR count). The minimum absolute atomic E-state index is 0.0188. The monoisotopic (exact) mass is 837 g/mol. The summed E-state index contributed by atoms with van der Waals surface area (Å²) in [7, 11) is 0. The van der Waals surface area contributed by atoms with Gasteiger partial charge in [0, 0.05) is 30.8 Å². The molecule has 1 heterocycles. The van der Waals surface area contributed by atoms with Crippen LogP contribution in [-0.4, -0.2) is 78.6 Å². The highest BCUT2D eigenvalue weighted by atomic mass is 16.2. The first-order chi connectivity index (χ1) is 30.5. The number of benzene rings is 8. The number of carbonyl (C=O) groups excluding carboxylic acids is 6. The minimum Gasteiger partial charge on any atom is -0.370 e. The van der Waals surface area contributed by atoms with Crippen molar-refractivity contribution in [2.45, 2.75) is 6.04 Å². The Balaban J connectivity index is 0.866. The van der Waals surface area contributed by atoms with E-state index in [1.807, 2.05) is 91.0 Å². The summed E-state index contributed by atoms with van der Waals surface area (Å²) in [5.74, 6) is -4.15. The summed E-state index contributed by atoms with van der Waals surface area (Å²) in [6.45, 7) is -0.843. The predicted octanol–water partition coefficient (Wildman–Crippen LogP) is 4.41. The van der Waals surface area contributed by atoms with E-state index in [0.717, 1.165) is 64.6 Å². The number of aromatic nitrogens is 1. The number of nitrogens with zero attached hydrogens (tertiary/aromatic N) is 1. The molecule has 9 aromatic rings. The molecule has 0 aliphatic rings. The highest BCUT2D eigenvalue weighted by molar-refractivity contribution is 6.27. The van der Waals surface area contributed by atoms with Gasteiger partial charge < -0.3 is 43.0 Å². The first-order valence-corrected chi connectivity index (χ1v) is 20.1. The average Bonchev–Trinajstić information content (AvgIpc) is 3.80. The Bertz CT molecular complexity index is 3300. The SMILES string of the molecule is NC(N)=NC(=O)c1ccc(C(=O)NC[C@H](NC(=O)CNC(=O)c2ccc3ccc4cccc5ccc2c3c45)C(=O)NCCNC(=O)c2ccc3ccc4cccc5ccc2c3c45)[nH]1. The van der Waals surface area contributed by atoms with Crippen LogP contribution in [0.3, 0.4) is 0 Å². The molecule has 0 radical (unpaired) electrons. The maximum atomic E-state index is 13.6. The number of hydrogen-bond donors (Lipinski definition) is 8. The van der Waals surface area contributed by atoms with E-state index in [4.69, 9.17) is 11.5 Å². The third-order valence-corrected chi connectivity index (χ3v) is 11.2. The molecule has 1 atom stereocenters. The fourth-order valence-corrected chi connectivity index (χ4v) is 8.28. The van der Waals surface area contributed by atoms with Crippen molar-refractivity contribution in [1.82, 2.24) is 31.6 Å². The summed E-state index contributed by atoms with van der Waals surface area (Å²) < 4.78 is 0. The zero-order valence-corrected chi connectivity index (χ0v) is 33.5. The van der Waals surface area contributed by atoms with Crippen LogP contribution in [0.15, 0.2) is 126 Å². The van der Waals surface area contributed by atoms with Gasteiger partial charge in [-0.3, -0.25) is 28.8 Å². The van der Waals surface area contributed by atoms with Crippen LogP contribution in [0.1, 0.15) is 41.7 Å². The fraction of sp³-hybridized carbons (Fsp3) is 0.104. The lowest BCUT2D eigenvalue weighted by atomic mass is 9.92. The Hall–Kier alpha value is -8.59. The number of H-pyrrole nitrogens is 1. The number of guanidine groups is 1. The molecule has 8 aromatic carbocycles. The van der Waals surface area contributed by atoms with E-state index < -0.39 is 48.1 Å². The van der Waals surface area contributed by atoms with Gasteiger partial charge in [-0.15, -0.1) is 0 Å². The van der Waals surface area contributed by atoms with Crippen LogP contribution in [0.2, 0.25) is 0 Å². The van der Waals surface area contributed by atoms with Gasteiger partial charge in [0.2, 0.25) is 11.8 Å². The molecule has 1 aromatic heterocycles. The lowest BCUT2D eigenvalue weighted by Gasteiger charge is -2.19. The van der Waals surface area contributed by atoms with E-state index in [1.165, 1.54) is 12.1 Å². The lowest BCUT2D eigenvalue weighted by Crippen LogP contribution is -2.55. The third-order valence-electron chi connectivity index (χ3n) is 11.2. The van der Waals surface area contributed by atoms with Crippen molar-refractivity contribution in [1.29, 1.82) is 0 Å². The van der Waals surface area contributed by atoms with Crippen LogP contribution in [0.4, 0.5) is 0 Å². The number of aromatic amines is 1. The van der Waals surface area contributed by atoms with E-state index >= 15 is 0 Å². The Morgan fingerprint density at radius 3 is 1.54 bits per heavy atom. The largest absolute Gasteiger partial charge is 0.370 e.